The molecule has 12 nitrogen and oxygen atoms in total. The highest BCUT2D eigenvalue weighted by Crippen LogP contribution is 2.19. The van der Waals surface area contributed by atoms with E-state index in [1.54, 1.807) is 12.1 Å². The summed E-state index contributed by atoms with van der Waals surface area (Å²) in [5, 5.41) is 33.0. The topological polar surface area (TPSA) is 199 Å². The molecule has 0 aliphatic carbocycles. The number of aliphatic carboxylic acids is 2. The van der Waals surface area contributed by atoms with Crippen molar-refractivity contribution in [3.63, 3.8) is 0 Å². The SMILES string of the molecule is CSCCC(NC(=O)C(N)Cc1ccc(O)cc1)C(=O)NC(CC(=O)O)C(=O)N1CCCC1C(=O)O. The maximum Gasteiger partial charge on any atom is 0.326 e. The molecule has 1 aliphatic rings. The molecular weight excluding hydrogens is 492 g/mol. The van der Waals surface area contributed by atoms with Crippen molar-refractivity contribution in [2.75, 3.05) is 18.6 Å². The molecule has 198 valence electrons. The molecule has 4 unspecified atom stereocenters. The maximum absolute atomic E-state index is 13.0. The van der Waals surface area contributed by atoms with Crippen molar-refractivity contribution in [3.8, 4) is 5.75 Å². The van der Waals surface area contributed by atoms with Gasteiger partial charge in [-0.15, -0.1) is 0 Å². The number of carbonyl (C=O) groups excluding carboxylic acids is 3. The van der Waals surface area contributed by atoms with Crippen LogP contribution in [-0.4, -0.2) is 92.6 Å². The highest BCUT2D eigenvalue weighted by Gasteiger charge is 2.39. The predicted octanol–water partition coefficient (Wildman–Crippen LogP) is -0.465. The summed E-state index contributed by atoms with van der Waals surface area (Å²) in [7, 11) is 0. The van der Waals surface area contributed by atoms with Gasteiger partial charge in [0.25, 0.3) is 0 Å². The first-order valence-corrected chi connectivity index (χ1v) is 12.8. The maximum atomic E-state index is 13.0. The van der Waals surface area contributed by atoms with Gasteiger partial charge in [0.1, 0.15) is 23.9 Å². The van der Waals surface area contributed by atoms with Gasteiger partial charge in [-0.3, -0.25) is 19.2 Å². The number of hydrogen-bond acceptors (Lipinski definition) is 8. The molecule has 13 heteroatoms. The molecule has 0 spiro atoms. The monoisotopic (exact) mass is 524 g/mol. The van der Waals surface area contributed by atoms with E-state index >= 15 is 0 Å². The van der Waals surface area contributed by atoms with Crippen molar-refractivity contribution >= 4 is 41.4 Å². The summed E-state index contributed by atoms with van der Waals surface area (Å²) in [5.41, 5.74) is 6.70. The van der Waals surface area contributed by atoms with Gasteiger partial charge < -0.3 is 36.6 Å². The minimum absolute atomic E-state index is 0.0691. The fraction of sp³-hybridized carbons (Fsp3) is 0.522. The Morgan fingerprint density at radius 1 is 1.08 bits per heavy atom. The highest BCUT2D eigenvalue weighted by molar-refractivity contribution is 7.98. The van der Waals surface area contributed by atoms with E-state index in [1.165, 1.54) is 23.9 Å². The molecule has 1 saturated heterocycles. The first-order valence-electron chi connectivity index (χ1n) is 11.4. The van der Waals surface area contributed by atoms with Crippen LogP contribution in [0.4, 0.5) is 0 Å². The Balaban J connectivity index is 2.11. The second kappa shape index (κ2) is 13.7. The summed E-state index contributed by atoms with van der Waals surface area (Å²) in [4.78, 5) is 62.7. The summed E-state index contributed by atoms with van der Waals surface area (Å²) < 4.78 is 0. The van der Waals surface area contributed by atoms with E-state index in [4.69, 9.17) is 5.73 Å². The van der Waals surface area contributed by atoms with Crippen LogP contribution in [0.3, 0.4) is 0 Å². The number of carbonyl (C=O) groups is 5. The van der Waals surface area contributed by atoms with E-state index in [1.807, 2.05) is 6.26 Å². The van der Waals surface area contributed by atoms with Crippen molar-refractivity contribution in [2.45, 2.75) is 56.3 Å². The third-order valence-electron chi connectivity index (χ3n) is 5.79. The van der Waals surface area contributed by atoms with Crippen LogP contribution in [-0.2, 0) is 30.4 Å². The molecule has 0 radical (unpaired) electrons. The number of carboxylic acids is 2. The van der Waals surface area contributed by atoms with Gasteiger partial charge in [-0.05, 0) is 55.4 Å². The molecule has 1 aliphatic heterocycles. The van der Waals surface area contributed by atoms with Crippen LogP contribution in [0, 0.1) is 0 Å². The molecule has 0 saturated carbocycles. The van der Waals surface area contributed by atoms with Gasteiger partial charge in [-0.1, -0.05) is 12.1 Å². The summed E-state index contributed by atoms with van der Waals surface area (Å²) in [5.74, 6) is -4.17. The number of aromatic hydroxyl groups is 1. The van der Waals surface area contributed by atoms with Crippen molar-refractivity contribution in [3.05, 3.63) is 29.8 Å². The van der Waals surface area contributed by atoms with Gasteiger partial charge in [-0.25, -0.2) is 4.79 Å². The van der Waals surface area contributed by atoms with Crippen LogP contribution in [0.5, 0.6) is 5.75 Å². The first-order chi connectivity index (χ1) is 17.0. The quantitative estimate of drug-likeness (QED) is 0.196. The lowest BCUT2D eigenvalue weighted by molar-refractivity contribution is -0.150. The highest BCUT2D eigenvalue weighted by atomic mass is 32.2. The molecule has 3 amide bonds. The molecule has 1 aromatic carbocycles. The third-order valence-corrected chi connectivity index (χ3v) is 6.43. The standard InChI is InChI=1S/C23H32N4O8S/c1-36-10-8-16(25-20(31)15(24)11-13-4-6-14(28)7-5-13)21(32)26-17(12-19(29)30)22(33)27-9-2-3-18(27)23(34)35/h4-7,15-18,28H,2-3,8-12,24H2,1H3,(H,25,31)(H,26,32)(H,29,30)(H,34,35). The number of phenols is 1. The minimum atomic E-state index is -1.49. The van der Waals surface area contributed by atoms with E-state index in [2.05, 4.69) is 10.6 Å². The van der Waals surface area contributed by atoms with E-state index in [0.29, 0.717) is 17.7 Å². The number of nitrogens with two attached hydrogens (primary N) is 1. The number of nitrogens with zero attached hydrogens (tertiary/aromatic N) is 1. The molecule has 36 heavy (non-hydrogen) atoms. The second-order valence-corrected chi connectivity index (χ2v) is 9.49. The molecule has 1 fully saturated rings. The average molecular weight is 525 g/mol. The van der Waals surface area contributed by atoms with Crippen LogP contribution >= 0.6 is 11.8 Å². The van der Waals surface area contributed by atoms with E-state index in [-0.39, 0.29) is 31.6 Å². The predicted molar refractivity (Wildman–Crippen MR) is 131 cm³/mol. The summed E-state index contributed by atoms with van der Waals surface area (Å²) in [6.45, 7) is 0.139. The van der Waals surface area contributed by atoms with Crippen LogP contribution in [0.2, 0.25) is 0 Å². The Kier molecular flexibility index (Phi) is 11.0. The van der Waals surface area contributed by atoms with Crippen LogP contribution in [0.25, 0.3) is 0 Å². The lowest BCUT2D eigenvalue weighted by Crippen LogP contribution is -2.57. The Labute approximate surface area is 212 Å². The third kappa shape index (κ3) is 8.41. The normalized spacial score (nSPS) is 17.6. The van der Waals surface area contributed by atoms with Gasteiger partial charge in [0.05, 0.1) is 12.5 Å². The number of nitrogens with one attached hydrogen (secondary N) is 2. The summed E-state index contributed by atoms with van der Waals surface area (Å²) in [6, 6.07) is 1.49. The molecule has 1 aromatic rings. The number of hydrogen-bond donors (Lipinski definition) is 6. The van der Waals surface area contributed by atoms with Crippen molar-refractivity contribution in [1.82, 2.24) is 15.5 Å². The zero-order valence-corrected chi connectivity index (χ0v) is 20.7. The minimum Gasteiger partial charge on any atom is -0.508 e. The van der Waals surface area contributed by atoms with Crippen LogP contribution < -0.4 is 16.4 Å². The lowest BCUT2D eigenvalue weighted by Gasteiger charge is -2.28. The number of rotatable bonds is 13. The smallest absolute Gasteiger partial charge is 0.326 e. The van der Waals surface area contributed by atoms with E-state index in [0.717, 1.165) is 4.90 Å². The number of amides is 3. The van der Waals surface area contributed by atoms with Crippen molar-refractivity contribution in [1.29, 1.82) is 0 Å². The molecule has 7 N–H and O–H groups in total. The fourth-order valence-corrected chi connectivity index (χ4v) is 4.37. The molecular formula is C23H32N4O8S. The molecule has 0 bridgehead atoms. The Bertz CT molecular complexity index is 958. The molecule has 1 heterocycles. The van der Waals surface area contributed by atoms with Crippen LogP contribution in [0.1, 0.15) is 31.2 Å². The van der Waals surface area contributed by atoms with Gasteiger partial charge in [0, 0.05) is 6.54 Å². The van der Waals surface area contributed by atoms with Gasteiger partial charge in [0.15, 0.2) is 0 Å². The number of likely N-dealkylation sites (tertiary alicyclic amines) is 1. The van der Waals surface area contributed by atoms with Crippen molar-refractivity contribution in [2.24, 2.45) is 5.73 Å². The molecule has 2 rings (SSSR count). The number of thioether (sulfide) groups is 1. The largest absolute Gasteiger partial charge is 0.508 e. The summed E-state index contributed by atoms with van der Waals surface area (Å²) >= 11 is 1.43. The Morgan fingerprint density at radius 2 is 1.72 bits per heavy atom. The lowest BCUT2D eigenvalue weighted by atomic mass is 10.0. The number of carboxylic acid groups (broad SMARTS) is 2. The van der Waals surface area contributed by atoms with E-state index in [9.17, 15) is 39.3 Å². The zero-order valence-electron chi connectivity index (χ0n) is 19.9. The number of phenolic OH excluding ortho intramolecular Hbond substituents is 1. The van der Waals surface area contributed by atoms with Crippen molar-refractivity contribution < 1.29 is 39.3 Å². The van der Waals surface area contributed by atoms with Crippen LogP contribution in [0.15, 0.2) is 24.3 Å². The Morgan fingerprint density at radius 3 is 2.31 bits per heavy atom. The van der Waals surface area contributed by atoms with Gasteiger partial charge in [0.2, 0.25) is 17.7 Å². The number of benzene rings is 1. The zero-order chi connectivity index (χ0) is 26.8. The van der Waals surface area contributed by atoms with E-state index < -0.39 is 60.2 Å². The van der Waals surface area contributed by atoms with Gasteiger partial charge in [-0.2, -0.15) is 11.8 Å². The molecule has 4 atom stereocenters. The molecule has 0 aromatic heterocycles. The fourth-order valence-electron chi connectivity index (χ4n) is 3.90. The van der Waals surface area contributed by atoms with Gasteiger partial charge >= 0.3 is 11.9 Å². The first kappa shape index (κ1) is 28.9. The Hall–Kier alpha value is -3.32. The summed E-state index contributed by atoms with van der Waals surface area (Å²) in [6.07, 6.45) is 2.09. The second-order valence-electron chi connectivity index (χ2n) is 8.51. The average Bonchev–Trinajstić information content (AvgIpc) is 3.32.